The summed E-state index contributed by atoms with van der Waals surface area (Å²) in [4.78, 5) is 22.5. The number of nitrogens with one attached hydrogen (secondary N) is 2. The fourth-order valence-corrected chi connectivity index (χ4v) is 1.54. The Hall–Kier alpha value is -2.24. The zero-order chi connectivity index (χ0) is 13.1. The van der Waals surface area contributed by atoms with Crippen molar-refractivity contribution in [1.82, 2.24) is 5.32 Å². The SMILES string of the molecule is NC(=O)c1ccc(N)c(NCC(=O)NC2CC2)c1. The van der Waals surface area contributed by atoms with E-state index in [1.54, 1.807) is 18.2 Å². The van der Waals surface area contributed by atoms with Crippen molar-refractivity contribution >= 4 is 23.2 Å². The number of hydrogen-bond acceptors (Lipinski definition) is 4. The monoisotopic (exact) mass is 248 g/mol. The summed E-state index contributed by atoms with van der Waals surface area (Å²) in [6, 6.07) is 5.00. The van der Waals surface area contributed by atoms with Gasteiger partial charge in [-0.25, -0.2) is 0 Å². The maximum Gasteiger partial charge on any atom is 0.248 e. The number of carbonyl (C=O) groups excluding carboxylic acids is 2. The van der Waals surface area contributed by atoms with Crippen LogP contribution in [-0.4, -0.2) is 24.4 Å². The summed E-state index contributed by atoms with van der Waals surface area (Å²) in [5, 5.41) is 5.74. The zero-order valence-electron chi connectivity index (χ0n) is 9.90. The first-order valence-corrected chi connectivity index (χ1v) is 5.79. The van der Waals surface area contributed by atoms with Crippen LogP contribution in [0.25, 0.3) is 0 Å². The molecule has 0 atom stereocenters. The van der Waals surface area contributed by atoms with Crippen molar-refractivity contribution in [2.45, 2.75) is 18.9 Å². The lowest BCUT2D eigenvalue weighted by Gasteiger charge is -2.10. The summed E-state index contributed by atoms with van der Waals surface area (Å²) in [6.07, 6.45) is 2.09. The minimum absolute atomic E-state index is 0.0821. The van der Waals surface area contributed by atoms with E-state index in [0.29, 0.717) is 23.0 Å². The molecule has 2 amide bonds. The zero-order valence-corrected chi connectivity index (χ0v) is 9.90. The summed E-state index contributed by atoms with van der Waals surface area (Å²) in [5.41, 5.74) is 12.3. The van der Waals surface area contributed by atoms with Crippen LogP contribution in [0.1, 0.15) is 23.2 Å². The van der Waals surface area contributed by atoms with E-state index >= 15 is 0 Å². The van der Waals surface area contributed by atoms with Crippen LogP contribution in [0.5, 0.6) is 0 Å². The topological polar surface area (TPSA) is 110 Å². The molecule has 0 heterocycles. The van der Waals surface area contributed by atoms with Gasteiger partial charge in [0, 0.05) is 11.6 Å². The molecule has 0 bridgehead atoms. The normalized spacial score (nSPS) is 14.0. The van der Waals surface area contributed by atoms with Gasteiger partial charge in [0.1, 0.15) is 0 Å². The van der Waals surface area contributed by atoms with Gasteiger partial charge in [0.15, 0.2) is 0 Å². The van der Waals surface area contributed by atoms with Crippen LogP contribution < -0.4 is 22.1 Å². The highest BCUT2D eigenvalue weighted by Gasteiger charge is 2.22. The largest absolute Gasteiger partial charge is 0.397 e. The molecule has 0 spiro atoms. The minimum atomic E-state index is -0.527. The number of nitrogens with two attached hydrogens (primary N) is 2. The molecular formula is C12H16N4O2. The highest BCUT2D eigenvalue weighted by Crippen LogP contribution is 2.20. The Labute approximate surface area is 105 Å². The highest BCUT2D eigenvalue weighted by atomic mass is 16.2. The third-order valence-corrected chi connectivity index (χ3v) is 2.72. The fourth-order valence-electron chi connectivity index (χ4n) is 1.54. The number of primary amides is 1. The number of nitrogen functional groups attached to an aromatic ring is 1. The molecule has 1 aliphatic carbocycles. The van der Waals surface area contributed by atoms with Gasteiger partial charge in [-0.2, -0.15) is 0 Å². The van der Waals surface area contributed by atoms with E-state index in [1.807, 2.05) is 0 Å². The predicted molar refractivity (Wildman–Crippen MR) is 69.0 cm³/mol. The smallest absolute Gasteiger partial charge is 0.248 e. The molecule has 18 heavy (non-hydrogen) atoms. The maximum atomic E-state index is 11.5. The molecule has 6 nitrogen and oxygen atoms in total. The molecule has 0 radical (unpaired) electrons. The number of anilines is 2. The van der Waals surface area contributed by atoms with Crippen LogP contribution in [0.2, 0.25) is 0 Å². The molecule has 6 N–H and O–H groups in total. The summed E-state index contributed by atoms with van der Waals surface area (Å²) >= 11 is 0. The van der Waals surface area contributed by atoms with Gasteiger partial charge in [-0.15, -0.1) is 0 Å². The summed E-state index contributed by atoms with van der Waals surface area (Å²) in [6.45, 7) is 0.128. The Kier molecular flexibility index (Phi) is 3.36. The Morgan fingerprint density at radius 3 is 2.67 bits per heavy atom. The minimum Gasteiger partial charge on any atom is -0.397 e. The van der Waals surface area contributed by atoms with Crippen LogP contribution in [0.4, 0.5) is 11.4 Å². The lowest BCUT2D eigenvalue weighted by molar-refractivity contribution is -0.119. The van der Waals surface area contributed by atoms with Gasteiger partial charge >= 0.3 is 0 Å². The fraction of sp³-hybridized carbons (Fsp3) is 0.333. The third-order valence-electron chi connectivity index (χ3n) is 2.72. The second kappa shape index (κ2) is 4.95. The lowest BCUT2D eigenvalue weighted by atomic mass is 10.1. The first-order valence-electron chi connectivity index (χ1n) is 5.79. The number of hydrogen-bond donors (Lipinski definition) is 4. The van der Waals surface area contributed by atoms with Crippen LogP contribution >= 0.6 is 0 Å². The molecule has 1 saturated carbocycles. The van der Waals surface area contributed by atoms with Gasteiger partial charge < -0.3 is 22.1 Å². The van der Waals surface area contributed by atoms with E-state index in [-0.39, 0.29) is 12.5 Å². The number of rotatable bonds is 5. The molecule has 6 heteroatoms. The number of amides is 2. The van der Waals surface area contributed by atoms with E-state index in [4.69, 9.17) is 11.5 Å². The van der Waals surface area contributed by atoms with Gasteiger partial charge in [0.25, 0.3) is 0 Å². The molecule has 0 unspecified atom stereocenters. The molecule has 0 saturated heterocycles. The Morgan fingerprint density at radius 2 is 2.06 bits per heavy atom. The molecule has 1 aromatic carbocycles. The Bertz CT molecular complexity index is 483. The molecule has 0 aliphatic heterocycles. The second-order valence-electron chi connectivity index (χ2n) is 4.36. The van der Waals surface area contributed by atoms with Crippen molar-refractivity contribution < 1.29 is 9.59 Å². The first kappa shape index (κ1) is 12.2. The van der Waals surface area contributed by atoms with Crippen molar-refractivity contribution in [3.05, 3.63) is 23.8 Å². The predicted octanol–water partition coefficient (Wildman–Crippen LogP) is 0.0582. The molecule has 1 aliphatic rings. The van der Waals surface area contributed by atoms with Gasteiger partial charge in [0.2, 0.25) is 11.8 Å². The van der Waals surface area contributed by atoms with E-state index in [0.717, 1.165) is 12.8 Å². The maximum absolute atomic E-state index is 11.5. The summed E-state index contributed by atoms with van der Waals surface area (Å²) in [7, 11) is 0. The van der Waals surface area contributed by atoms with Crippen molar-refractivity contribution in [3.63, 3.8) is 0 Å². The Morgan fingerprint density at radius 1 is 1.33 bits per heavy atom. The average Bonchev–Trinajstić information content (AvgIpc) is 3.11. The van der Waals surface area contributed by atoms with E-state index < -0.39 is 5.91 Å². The van der Waals surface area contributed by atoms with Gasteiger partial charge in [-0.1, -0.05) is 0 Å². The molecule has 2 rings (SSSR count). The van der Waals surface area contributed by atoms with Crippen molar-refractivity contribution in [2.24, 2.45) is 5.73 Å². The lowest BCUT2D eigenvalue weighted by Crippen LogP contribution is -2.31. The molecule has 1 aromatic rings. The Balaban J connectivity index is 1.96. The van der Waals surface area contributed by atoms with E-state index in [9.17, 15) is 9.59 Å². The van der Waals surface area contributed by atoms with Gasteiger partial charge in [0.05, 0.1) is 17.9 Å². The highest BCUT2D eigenvalue weighted by molar-refractivity contribution is 5.95. The van der Waals surface area contributed by atoms with Crippen LogP contribution in [0.3, 0.4) is 0 Å². The van der Waals surface area contributed by atoms with Crippen LogP contribution in [-0.2, 0) is 4.79 Å². The quantitative estimate of drug-likeness (QED) is 0.552. The summed E-state index contributed by atoms with van der Waals surface area (Å²) < 4.78 is 0. The number of benzene rings is 1. The first-order chi connectivity index (χ1) is 8.56. The van der Waals surface area contributed by atoms with Gasteiger partial charge in [-0.3, -0.25) is 9.59 Å². The molecule has 96 valence electrons. The van der Waals surface area contributed by atoms with Crippen molar-refractivity contribution in [2.75, 3.05) is 17.6 Å². The third kappa shape index (κ3) is 3.13. The van der Waals surface area contributed by atoms with Gasteiger partial charge in [-0.05, 0) is 31.0 Å². The molecule has 0 aromatic heterocycles. The average molecular weight is 248 g/mol. The van der Waals surface area contributed by atoms with E-state index in [2.05, 4.69) is 10.6 Å². The second-order valence-corrected chi connectivity index (χ2v) is 4.36. The standard InChI is InChI=1S/C12H16N4O2/c13-9-4-1-7(12(14)18)5-10(9)15-6-11(17)16-8-2-3-8/h1,4-5,8,15H,2-3,6,13H2,(H2,14,18)(H,16,17). The molecular weight excluding hydrogens is 232 g/mol. The number of carbonyl (C=O) groups is 2. The van der Waals surface area contributed by atoms with Crippen LogP contribution in [0.15, 0.2) is 18.2 Å². The summed E-state index contributed by atoms with van der Waals surface area (Å²) in [5.74, 6) is -0.609. The molecule has 1 fully saturated rings. The van der Waals surface area contributed by atoms with E-state index in [1.165, 1.54) is 0 Å². The van der Waals surface area contributed by atoms with Crippen LogP contribution in [0, 0.1) is 0 Å². The van der Waals surface area contributed by atoms with Crippen molar-refractivity contribution in [3.8, 4) is 0 Å². The van der Waals surface area contributed by atoms with Crippen molar-refractivity contribution in [1.29, 1.82) is 0 Å².